The van der Waals surface area contributed by atoms with E-state index in [0.717, 1.165) is 10.0 Å². The molecule has 0 atom stereocenters. The number of fused-ring (bicyclic) bond motifs is 2. The maximum Gasteiger partial charge on any atom is 0.0346 e. The smallest absolute Gasteiger partial charge is 0.0346 e. The van der Waals surface area contributed by atoms with E-state index in [1.54, 1.807) is 0 Å². The monoisotopic (exact) mass is 423 g/mol. The number of pyridine rings is 1. The van der Waals surface area contributed by atoms with Crippen LogP contribution in [0.25, 0.3) is 43.8 Å². The molecule has 0 fully saturated rings. The van der Waals surface area contributed by atoms with Crippen LogP contribution >= 0.6 is 15.9 Å². The van der Waals surface area contributed by atoms with Crippen LogP contribution in [0.2, 0.25) is 0 Å². The van der Waals surface area contributed by atoms with Crippen molar-refractivity contribution >= 4 is 37.5 Å². The Kier molecular flexibility index (Phi) is 4.22. The van der Waals surface area contributed by atoms with Crippen LogP contribution in [0, 0.1) is 6.92 Å². The third-order valence-corrected chi connectivity index (χ3v) is 6.10. The predicted octanol–water partition coefficient (Wildman–Crippen LogP) is 7.79. The second-order valence-corrected chi connectivity index (χ2v) is 7.90. The van der Waals surface area contributed by atoms with Crippen molar-refractivity contribution in [1.82, 2.24) is 4.98 Å². The van der Waals surface area contributed by atoms with Crippen molar-refractivity contribution in [3.05, 3.63) is 101 Å². The highest BCUT2D eigenvalue weighted by Gasteiger charge is 2.13. The van der Waals surface area contributed by atoms with Gasteiger partial charge in [-0.05, 0) is 72.7 Å². The molecule has 0 amide bonds. The molecule has 0 unspecified atom stereocenters. The van der Waals surface area contributed by atoms with Crippen molar-refractivity contribution in [2.45, 2.75) is 6.92 Å². The van der Waals surface area contributed by atoms with Crippen molar-refractivity contribution in [3.63, 3.8) is 0 Å². The summed E-state index contributed by atoms with van der Waals surface area (Å²) < 4.78 is 1.16. The Labute approximate surface area is 172 Å². The van der Waals surface area contributed by atoms with Gasteiger partial charge in [0.25, 0.3) is 0 Å². The Hall–Kier alpha value is -2.97. The summed E-state index contributed by atoms with van der Waals surface area (Å²) in [6.07, 6.45) is 3.81. The van der Waals surface area contributed by atoms with E-state index >= 15 is 0 Å². The SMILES string of the molecule is Cc1cncc(-c2ccc(-c3c4ccccc4c(Br)c4ccccc34)cc2)c1. The van der Waals surface area contributed by atoms with Crippen molar-refractivity contribution in [2.24, 2.45) is 0 Å². The minimum Gasteiger partial charge on any atom is -0.264 e. The third-order valence-electron chi connectivity index (χ3n) is 5.25. The lowest BCUT2D eigenvalue weighted by molar-refractivity contribution is 1.27. The molecule has 0 N–H and O–H groups in total. The highest BCUT2D eigenvalue weighted by atomic mass is 79.9. The van der Waals surface area contributed by atoms with E-state index in [1.165, 1.54) is 43.8 Å². The van der Waals surface area contributed by atoms with Crippen LogP contribution in [0.15, 0.2) is 95.7 Å². The fraction of sp³-hybridized carbons (Fsp3) is 0.0385. The highest BCUT2D eigenvalue weighted by Crippen LogP contribution is 2.41. The van der Waals surface area contributed by atoms with Gasteiger partial charge in [-0.3, -0.25) is 4.98 Å². The van der Waals surface area contributed by atoms with E-state index in [0.29, 0.717) is 0 Å². The number of hydrogen-bond donors (Lipinski definition) is 0. The molecule has 0 saturated heterocycles. The Bertz CT molecular complexity index is 1260. The van der Waals surface area contributed by atoms with Gasteiger partial charge in [0.1, 0.15) is 0 Å². The van der Waals surface area contributed by atoms with Crippen LogP contribution in [-0.4, -0.2) is 4.98 Å². The van der Waals surface area contributed by atoms with E-state index in [4.69, 9.17) is 0 Å². The van der Waals surface area contributed by atoms with Crippen LogP contribution in [0.3, 0.4) is 0 Å². The Morgan fingerprint density at radius 1 is 0.607 bits per heavy atom. The number of aryl methyl sites for hydroxylation is 1. The minimum atomic E-state index is 1.15. The number of rotatable bonds is 2. The molecule has 0 aliphatic rings. The van der Waals surface area contributed by atoms with Crippen LogP contribution in [0.4, 0.5) is 0 Å². The summed E-state index contributed by atoms with van der Waals surface area (Å²) in [6.45, 7) is 2.07. The molecule has 0 spiro atoms. The van der Waals surface area contributed by atoms with Crippen molar-refractivity contribution in [2.75, 3.05) is 0 Å². The zero-order chi connectivity index (χ0) is 19.1. The summed E-state index contributed by atoms with van der Waals surface area (Å²) in [6, 6.07) is 28.2. The van der Waals surface area contributed by atoms with E-state index in [2.05, 4.69) is 107 Å². The molecule has 28 heavy (non-hydrogen) atoms. The minimum absolute atomic E-state index is 1.15. The van der Waals surface area contributed by atoms with Gasteiger partial charge in [0, 0.05) is 22.4 Å². The largest absolute Gasteiger partial charge is 0.264 e. The first kappa shape index (κ1) is 17.2. The maximum absolute atomic E-state index is 4.33. The third kappa shape index (κ3) is 2.81. The molecule has 5 aromatic rings. The maximum atomic E-state index is 4.33. The van der Waals surface area contributed by atoms with Gasteiger partial charge >= 0.3 is 0 Å². The van der Waals surface area contributed by atoms with Gasteiger partial charge in [-0.1, -0.05) is 72.8 Å². The molecule has 0 saturated carbocycles. The molecular formula is C26H18BrN. The van der Waals surface area contributed by atoms with Crippen LogP contribution < -0.4 is 0 Å². The van der Waals surface area contributed by atoms with Gasteiger partial charge < -0.3 is 0 Å². The molecule has 134 valence electrons. The summed E-state index contributed by atoms with van der Waals surface area (Å²) in [4.78, 5) is 4.33. The number of benzene rings is 4. The summed E-state index contributed by atoms with van der Waals surface area (Å²) in [5.41, 5.74) is 6.02. The first-order chi connectivity index (χ1) is 13.7. The van der Waals surface area contributed by atoms with Gasteiger partial charge in [-0.2, -0.15) is 0 Å². The summed E-state index contributed by atoms with van der Waals surface area (Å²) >= 11 is 3.83. The summed E-state index contributed by atoms with van der Waals surface area (Å²) in [7, 11) is 0. The van der Waals surface area contributed by atoms with Crippen LogP contribution in [-0.2, 0) is 0 Å². The molecular weight excluding hydrogens is 406 g/mol. The number of nitrogens with zero attached hydrogens (tertiary/aromatic N) is 1. The molecule has 1 aromatic heterocycles. The van der Waals surface area contributed by atoms with E-state index in [-0.39, 0.29) is 0 Å². The van der Waals surface area contributed by atoms with Gasteiger partial charge in [0.05, 0.1) is 0 Å². The van der Waals surface area contributed by atoms with Crippen LogP contribution in [0.5, 0.6) is 0 Å². The quantitative estimate of drug-likeness (QED) is 0.264. The summed E-state index contributed by atoms with van der Waals surface area (Å²) in [5, 5.41) is 5.00. The molecule has 0 aliphatic heterocycles. The second-order valence-electron chi connectivity index (χ2n) is 7.11. The fourth-order valence-electron chi connectivity index (χ4n) is 3.93. The van der Waals surface area contributed by atoms with Crippen molar-refractivity contribution in [3.8, 4) is 22.3 Å². The van der Waals surface area contributed by atoms with E-state index in [9.17, 15) is 0 Å². The zero-order valence-electron chi connectivity index (χ0n) is 15.5. The predicted molar refractivity (Wildman–Crippen MR) is 123 cm³/mol. The second kappa shape index (κ2) is 6.88. The standard InChI is InChI=1S/C26H18BrN/c1-17-14-20(16-28-15-17)18-10-12-19(13-11-18)25-21-6-2-4-8-23(21)26(27)24-9-5-3-7-22(24)25/h2-16H,1H3. The molecule has 4 aromatic carbocycles. The fourth-order valence-corrected chi connectivity index (χ4v) is 4.62. The Morgan fingerprint density at radius 2 is 1.14 bits per heavy atom. The van der Waals surface area contributed by atoms with E-state index < -0.39 is 0 Å². The van der Waals surface area contributed by atoms with E-state index in [1.807, 2.05) is 12.4 Å². The zero-order valence-corrected chi connectivity index (χ0v) is 17.1. The molecule has 5 rings (SSSR count). The molecule has 0 bridgehead atoms. The lowest BCUT2D eigenvalue weighted by Gasteiger charge is -2.14. The molecule has 1 heterocycles. The van der Waals surface area contributed by atoms with Crippen molar-refractivity contribution in [1.29, 1.82) is 0 Å². The first-order valence-electron chi connectivity index (χ1n) is 9.34. The van der Waals surface area contributed by atoms with Gasteiger partial charge in [-0.15, -0.1) is 0 Å². The number of halogens is 1. The highest BCUT2D eigenvalue weighted by molar-refractivity contribution is 9.10. The van der Waals surface area contributed by atoms with Gasteiger partial charge in [-0.25, -0.2) is 0 Å². The van der Waals surface area contributed by atoms with Gasteiger partial charge in [0.2, 0.25) is 0 Å². The summed E-state index contributed by atoms with van der Waals surface area (Å²) in [5.74, 6) is 0. The average Bonchev–Trinajstić information content (AvgIpc) is 2.75. The molecule has 2 heteroatoms. The van der Waals surface area contributed by atoms with Gasteiger partial charge in [0.15, 0.2) is 0 Å². The number of aromatic nitrogens is 1. The topological polar surface area (TPSA) is 12.9 Å². The Balaban J connectivity index is 1.75. The molecule has 1 nitrogen and oxygen atoms in total. The lowest BCUT2D eigenvalue weighted by Crippen LogP contribution is -1.88. The van der Waals surface area contributed by atoms with Crippen LogP contribution in [0.1, 0.15) is 5.56 Å². The molecule has 0 radical (unpaired) electrons. The normalized spacial score (nSPS) is 11.2. The molecule has 0 aliphatic carbocycles. The number of hydrogen-bond acceptors (Lipinski definition) is 1. The lowest BCUT2D eigenvalue weighted by atomic mass is 9.91. The Morgan fingerprint density at radius 3 is 1.71 bits per heavy atom. The average molecular weight is 424 g/mol. The first-order valence-corrected chi connectivity index (χ1v) is 10.1. The van der Waals surface area contributed by atoms with Crippen molar-refractivity contribution < 1.29 is 0 Å².